The Balaban J connectivity index is 3.35. The number of rotatable bonds is 5. The first-order valence-corrected chi connectivity index (χ1v) is 5.82. The highest BCUT2D eigenvalue weighted by Gasteiger charge is 2.58. The van der Waals surface area contributed by atoms with E-state index in [0.717, 1.165) is 13.2 Å². The number of ether oxygens (including phenoxy) is 2. The van der Waals surface area contributed by atoms with Crippen LogP contribution in [0.15, 0.2) is 12.1 Å². The molecule has 1 aromatic carbocycles. The number of nitro groups is 1. The van der Waals surface area contributed by atoms with Crippen molar-refractivity contribution >= 4 is 33.2 Å². The number of nitro benzene ring substituents is 1. The number of halogens is 6. The van der Waals surface area contributed by atoms with Crippen LogP contribution in [0.3, 0.4) is 0 Å². The van der Waals surface area contributed by atoms with Crippen LogP contribution in [-0.4, -0.2) is 23.0 Å². The van der Waals surface area contributed by atoms with Gasteiger partial charge in [-0.2, -0.15) is 17.6 Å². The Morgan fingerprint density at radius 3 is 2.30 bits per heavy atom. The van der Waals surface area contributed by atoms with Crippen molar-refractivity contribution in [3.8, 4) is 11.5 Å². The van der Waals surface area contributed by atoms with Crippen molar-refractivity contribution in [1.82, 2.24) is 0 Å². The molecule has 0 saturated heterocycles. The van der Waals surface area contributed by atoms with E-state index in [1.807, 2.05) is 0 Å². The van der Waals surface area contributed by atoms with Gasteiger partial charge in [-0.05, 0) is 0 Å². The summed E-state index contributed by atoms with van der Waals surface area (Å²) in [5, 5.41) is 10.1. The summed E-state index contributed by atoms with van der Waals surface area (Å²) in [6.45, 7) is 0. The van der Waals surface area contributed by atoms with Crippen LogP contribution in [0.25, 0.3) is 0 Å². The predicted octanol–water partition coefficient (Wildman–Crippen LogP) is 4.22. The van der Waals surface area contributed by atoms with E-state index in [2.05, 4.69) is 9.47 Å². The molecule has 0 radical (unpaired) electrons. The molecule has 0 aliphatic carbocycles. The summed E-state index contributed by atoms with van der Waals surface area (Å²) in [4.78, 5) is 4.89. The standard InChI is InChI=1S/C9H5BrClF4NO4/c1-19-4-2-5(11)7(6(3-4)16(17)18)20-9(14,15)8(10,12)13/h2-3H,1H3. The van der Waals surface area contributed by atoms with E-state index < -0.39 is 32.3 Å². The molecule has 0 heterocycles. The quantitative estimate of drug-likeness (QED) is 0.331. The first kappa shape index (κ1) is 16.8. The van der Waals surface area contributed by atoms with Crippen LogP contribution in [0, 0.1) is 10.1 Å². The molecule has 0 bridgehead atoms. The van der Waals surface area contributed by atoms with Gasteiger partial charge < -0.3 is 9.47 Å². The highest BCUT2D eigenvalue weighted by molar-refractivity contribution is 9.10. The number of hydrogen-bond donors (Lipinski definition) is 0. The summed E-state index contributed by atoms with van der Waals surface area (Å²) in [7, 11) is 1.15. The molecule has 0 saturated carbocycles. The van der Waals surface area contributed by atoms with E-state index in [1.165, 1.54) is 15.9 Å². The molecule has 0 aromatic heterocycles. The Morgan fingerprint density at radius 1 is 1.35 bits per heavy atom. The summed E-state index contributed by atoms with van der Waals surface area (Å²) >= 11 is 6.94. The Bertz CT molecular complexity index is 537. The molecule has 0 atom stereocenters. The van der Waals surface area contributed by atoms with E-state index >= 15 is 0 Å². The number of alkyl halides is 5. The lowest BCUT2D eigenvalue weighted by molar-refractivity contribution is -0.388. The highest BCUT2D eigenvalue weighted by atomic mass is 79.9. The molecule has 0 aliphatic rings. The monoisotopic (exact) mass is 381 g/mol. The van der Waals surface area contributed by atoms with Crippen LogP contribution in [0.2, 0.25) is 5.02 Å². The van der Waals surface area contributed by atoms with Gasteiger partial charge in [-0.3, -0.25) is 10.1 Å². The average Bonchev–Trinajstić information content (AvgIpc) is 2.29. The van der Waals surface area contributed by atoms with E-state index in [9.17, 15) is 27.7 Å². The SMILES string of the molecule is COc1cc(Cl)c(OC(F)(F)C(F)(F)Br)c([N+](=O)[O-])c1. The molecule has 0 amide bonds. The Labute approximate surface area is 122 Å². The van der Waals surface area contributed by atoms with Crippen molar-refractivity contribution in [1.29, 1.82) is 0 Å². The van der Waals surface area contributed by atoms with Crippen LogP contribution in [0.1, 0.15) is 0 Å². The zero-order valence-electron chi connectivity index (χ0n) is 9.50. The molecule has 0 aliphatic heterocycles. The minimum Gasteiger partial charge on any atom is -0.496 e. The van der Waals surface area contributed by atoms with Crippen molar-refractivity contribution in [2.45, 2.75) is 10.9 Å². The van der Waals surface area contributed by atoms with Gasteiger partial charge in [-0.1, -0.05) is 11.6 Å². The van der Waals surface area contributed by atoms with Gasteiger partial charge in [0.15, 0.2) is 0 Å². The minimum absolute atomic E-state index is 0.122. The predicted molar refractivity (Wildman–Crippen MR) is 64.1 cm³/mol. The van der Waals surface area contributed by atoms with Crippen molar-refractivity contribution in [3.05, 3.63) is 27.3 Å². The number of hydrogen-bond acceptors (Lipinski definition) is 4. The lowest BCUT2D eigenvalue weighted by Crippen LogP contribution is -2.40. The molecule has 0 N–H and O–H groups in total. The summed E-state index contributed by atoms with van der Waals surface area (Å²) in [6.07, 6.45) is -5.05. The first-order chi connectivity index (χ1) is 8.99. The number of nitrogens with zero attached hydrogens (tertiary/aromatic N) is 1. The maximum Gasteiger partial charge on any atom is 0.475 e. The van der Waals surface area contributed by atoms with Crippen molar-refractivity contribution < 1.29 is 32.0 Å². The molecule has 0 fully saturated rings. The fourth-order valence-electron chi connectivity index (χ4n) is 1.10. The first-order valence-electron chi connectivity index (χ1n) is 4.65. The molecule has 11 heteroatoms. The Morgan fingerprint density at radius 2 is 1.90 bits per heavy atom. The van der Waals surface area contributed by atoms with Gasteiger partial charge in [-0.25, -0.2) is 0 Å². The van der Waals surface area contributed by atoms with Crippen LogP contribution in [0.5, 0.6) is 11.5 Å². The molecule has 1 aromatic rings. The number of methoxy groups -OCH3 is 1. The maximum absolute atomic E-state index is 13.1. The second-order valence-corrected chi connectivity index (χ2v) is 4.73. The second kappa shape index (κ2) is 5.60. The summed E-state index contributed by atoms with van der Waals surface area (Å²) in [5.74, 6) is -1.32. The third-order valence-corrected chi connectivity index (χ3v) is 2.73. The fraction of sp³-hybridized carbons (Fsp3) is 0.333. The Kier molecular flexibility index (Phi) is 4.70. The van der Waals surface area contributed by atoms with Crippen LogP contribution in [0.4, 0.5) is 23.2 Å². The summed E-state index contributed by atoms with van der Waals surface area (Å²) < 4.78 is 59.8. The smallest absolute Gasteiger partial charge is 0.475 e. The fourth-order valence-corrected chi connectivity index (χ4v) is 1.42. The van der Waals surface area contributed by atoms with Crippen molar-refractivity contribution in [3.63, 3.8) is 0 Å². The molecule has 5 nitrogen and oxygen atoms in total. The topological polar surface area (TPSA) is 61.6 Å². The van der Waals surface area contributed by atoms with Crippen LogP contribution < -0.4 is 9.47 Å². The van der Waals surface area contributed by atoms with Gasteiger partial charge in [-0.15, -0.1) is 0 Å². The zero-order chi connectivity index (χ0) is 15.7. The van der Waals surface area contributed by atoms with Gasteiger partial charge >= 0.3 is 16.6 Å². The molecule has 1 rings (SSSR count). The van der Waals surface area contributed by atoms with Crippen LogP contribution in [-0.2, 0) is 0 Å². The lowest BCUT2D eigenvalue weighted by atomic mass is 10.2. The van der Waals surface area contributed by atoms with E-state index in [1.54, 1.807) is 0 Å². The third-order valence-electron chi connectivity index (χ3n) is 1.99. The Hall–Kier alpha value is -1.29. The molecular formula is C9H5BrClF4NO4. The average molecular weight is 382 g/mol. The molecule has 0 spiro atoms. The normalized spacial score (nSPS) is 12.2. The molecular weight excluding hydrogens is 377 g/mol. The van der Waals surface area contributed by atoms with Crippen molar-refractivity contribution in [2.24, 2.45) is 0 Å². The lowest BCUT2D eigenvalue weighted by Gasteiger charge is -2.22. The van der Waals surface area contributed by atoms with Gasteiger partial charge in [0.2, 0.25) is 5.75 Å². The summed E-state index contributed by atoms with van der Waals surface area (Å²) in [5.41, 5.74) is -1.04. The maximum atomic E-state index is 13.1. The zero-order valence-corrected chi connectivity index (χ0v) is 11.8. The van der Waals surface area contributed by atoms with Crippen LogP contribution >= 0.6 is 27.5 Å². The van der Waals surface area contributed by atoms with Gasteiger partial charge in [0.05, 0.1) is 23.1 Å². The van der Waals surface area contributed by atoms with E-state index in [4.69, 9.17) is 11.6 Å². The van der Waals surface area contributed by atoms with Crippen molar-refractivity contribution in [2.75, 3.05) is 7.11 Å². The third kappa shape index (κ3) is 3.42. The van der Waals surface area contributed by atoms with Gasteiger partial charge in [0, 0.05) is 22.0 Å². The van der Waals surface area contributed by atoms with Gasteiger partial charge in [0.25, 0.3) is 0 Å². The molecule has 112 valence electrons. The molecule has 0 unspecified atom stereocenters. The number of benzene rings is 1. The van der Waals surface area contributed by atoms with Gasteiger partial charge in [0.1, 0.15) is 5.75 Å². The highest BCUT2D eigenvalue weighted by Crippen LogP contribution is 2.46. The minimum atomic E-state index is -5.05. The second-order valence-electron chi connectivity index (χ2n) is 3.33. The largest absolute Gasteiger partial charge is 0.496 e. The molecule has 20 heavy (non-hydrogen) atoms. The van der Waals surface area contributed by atoms with E-state index in [0.29, 0.717) is 6.07 Å². The van der Waals surface area contributed by atoms with E-state index in [-0.39, 0.29) is 5.75 Å². The summed E-state index contributed by atoms with van der Waals surface area (Å²) in [6, 6.07) is 1.62.